The molecule has 1 aromatic rings. The Labute approximate surface area is 104 Å². The zero-order valence-electron chi connectivity index (χ0n) is 10.3. The molecule has 0 saturated heterocycles. The molecule has 1 rings (SSSR count). The third-order valence-corrected chi connectivity index (χ3v) is 3.61. The molecular weight excluding hydrogens is 218 g/mol. The second-order valence-corrected chi connectivity index (χ2v) is 4.91. The molecule has 0 radical (unpaired) electrons. The highest BCUT2D eigenvalue weighted by Gasteiger charge is 2.17. The Morgan fingerprint density at radius 3 is 2.69 bits per heavy atom. The van der Waals surface area contributed by atoms with Crippen molar-refractivity contribution in [2.45, 2.75) is 51.3 Å². The molecule has 16 heavy (non-hydrogen) atoms. The lowest BCUT2D eigenvalue weighted by atomic mass is 9.93. The smallest absolute Gasteiger partial charge is 0.0419 e. The molecule has 0 saturated carbocycles. The van der Waals surface area contributed by atoms with Crippen LogP contribution in [0, 0.1) is 5.92 Å². The van der Waals surface area contributed by atoms with E-state index >= 15 is 0 Å². The van der Waals surface area contributed by atoms with Crippen LogP contribution in [0.15, 0.2) is 24.4 Å². The monoisotopic (exact) mass is 239 g/mol. The summed E-state index contributed by atoms with van der Waals surface area (Å²) in [6.45, 7) is 4.46. The molecule has 1 aromatic heterocycles. The normalized spacial score (nSPS) is 14.7. The Balaban J connectivity index is 2.46. The van der Waals surface area contributed by atoms with Gasteiger partial charge in [0.2, 0.25) is 0 Å². The first-order chi connectivity index (χ1) is 7.77. The summed E-state index contributed by atoms with van der Waals surface area (Å²) in [4.78, 5) is 4.33. The highest BCUT2D eigenvalue weighted by molar-refractivity contribution is 6.20. The Kier molecular flexibility index (Phi) is 6.47. The summed E-state index contributed by atoms with van der Waals surface area (Å²) in [7, 11) is 0. The molecule has 0 spiro atoms. The van der Waals surface area contributed by atoms with Crippen molar-refractivity contribution in [1.29, 1.82) is 0 Å². The van der Waals surface area contributed by atoms with Gasteiger partial charge in [-0.2, -0.15) is 0 Å². The molecule has 1 nitrogen and oxygen atoms in total. The van der Waals surface area contributed by atoms with Gasteiger partial charge < -0.3 is 0 Å². The largest absolute Gasteiger partial charge is 0.261 e. The van der Waals surface area contributed by atoms with Gasteiger partial charge in [-0.1, -0.05) is 39.2 Å². The Bertz CT molecular complexity index is 273. The van der Waals surface area contributed by atoms with Gasteiger partial charge in [-0.15, -0.1) is 11.6 Å². The van der Waals surface area contributed by atoms with Crippen LogP contribution in [0.2, 0.25) is 0 Å². The van der Waals surface area contributed by atoms with E-state index in [1.165, 1.54) is 25.7 Å². The Morgan fingerprint density at radius 1 is 1.31 bits per heavy atom. The molecular formula is C14H22ClN. The minimum atomic E-state index is 0.228. The summed E-state index contributed by atoms with van der Waals surface area (Å²) in [5.74, 6) is 0.628. The van der Waals surface area contributed by atoms with Gasteiger partial charge >= 0.3 is 0 Å². The standard InChI is InChI=1S/C14H22ClN/c1-3-5-8-12(4-2)14(15)11-13-9-6-7-10-16-13/h6-7,9-10,12,14H,3-5,8,11H2,1-2H3. The summed E-state index contributed by atoms with van der Waals surface area (Å²) < 4.78 is 0. The van der Waals surface area contributed by atoms with Crippen LogP contribution in [0.5, 0.6) is 0 Å². The fraction of sp³-hybridized carbons (Fsp3) is 0.643. The molecule has 0 aromatic carbocycles. The molecule has 0 aliphatic carbocycles. The van der Waals surface area contributed by atoms with Crippen LogP contribution < -0.4 is 0 Å². The zero-order valence-corrected chi connectivity index (χ0v) is 11.1. The highest BCUT2D eigenvalue weighted by atomic mass is 35.5. The molecule has 0 N–H and O–H groups in total. The second kappa shape index (κ2) is 7.67. The summed E-state index contributed by atoms with van der Waals surface area (Å²) in [6.07, 6.45) is 7.68. The van der Waals surface area contributed by atoms with Crippen LogP contribution in [-0.4, -0.2) is 10.4 Å². The van der Waals surface area contributed by atoms with Crippen molar-refractivity contribution in [1.82, 2.24) is 4.98 Å². The number of rotatable bonds is 7. The number of pyridine rings is 1. The van der Waals surface area contributed by atoms with Crippen molar-refractivity contribution in [2.24, 2.45) is 5.92 Å². The number of alkyl halides is 1. The van der Waals surface area contributed by atoms with E-state index in [-0.39, 0.29) is 5.38 Å². The van der Waals surface area contributed by atoms with Crippen LogP contribution in [0.1, 0.15) is 45.2 Å². The van der Waals surface area contributed by atoms with E-state index < -0.39 is 0 Å². The molecule has 90 valence electrons. The molecule has 2 unspecified atom stereocenters. The van der Waals surface area contributed by atoms with Crippen molar-refractivity contribution < 1.29 is 0 Å². The van der Waals surface area contributed by atoms with Crippen molar-refractivity contribution in [3.8, 4) is 0 Å². The first-order valence-corrected chi connectivity index (χ1v) is 6.75. The number of unbranched alkanes of at least 4 members (excludes halogenated alkanes) is 1. The van der Waals surface area contributed by atoms with Crippen LogP contribution in [0.3, 0.4) is 0 Å². The molecule has 0 amide bonds. The molecule has 0 aliphatic heterocycles. The van der Waals surface area contributed by atoms with Crippen molar-refractivity contribution in [3.05, 3.63) is 30.1 Å². The number of halogens is 1. The lowest BCUT2D eigenvalue weighted by Gasteiger charge is -2.20. The maximum atomic E-state index is 6.48. The number of nitrogens with zero attached hydrogens (tertiary/aromatic N) is 1. The van der Waals surface area contributed by atoms with Crippen LogP contribution >= 0.6 is 11.6 Å². The van der Waals surface area contributed by atoms with Gasteiger partial charge in [-0.05, 0) is 24.5 Å². The van der Waals surface area contributed by atoms with Gasteiger partial charge in [-0.25, -0.2) is 0 Å². The summed E-state index contributed by atoms with van der Waals surface area (Å²) in [6, 6.07) is 6.03. The molecule has 0 bridgehead atoms. The predicted octanol–water partition coefficient (Wildman–Crippen LogP) is 4.45. The molecule has 2 heteroatoms. The minimum absolute atomic E-state index is 0.228. The van der Waals surface area contributed by atoms with E-state index in [0.717, 1.165) is 12.1 Å². The van der Waals surface area contributed by atoms with Gasteiger partial charge in [0.05, 0.1) is 0 Å². The van der Waals surface area contributed by atoms with E-state index in [0.29, 0.717) is 5.92 Å². The van der Waals surface area contributed by atoms with E-state index in [1.807, 2.05) is 18.3 Å². The zero-order chi connectivity index (χ0) is 11.8. The Hall–Kier alpha value is -0.560. The third kappa shape index (κ3) is 4.52. The molecule has 2 atom stereocenters. The van der Waals surface area contributed by atoms with Gasteiger partial charge in [0.15, 0.2) is 0 Å². The summed E-state index contributed by atoms with van der Waals surface area (Å²) >= 11 is 6.48. The van der Waals surface area contributed by atoms with Crippen LogP contribution in [0.4, 0.5) is 0 Å². The SMILES string of the molecule is CCCCC(CC)C(Cl)Cc1ccccn1. The average Bonchev–Trinajstić information content (AvgIpc) is 2.31. The van der Waals surface area contributed by atoms with Crippen LogP contribution in [0.25, 0.3) is 0 Å². The highest BCUT2D eigenvalue weighted by Crippen LogP contribution is 2.23. The van der Waals surface area contributed by atoms with Crippen molar-refractivity contribution >= 4 is 11.6 Å². The lowest BCUT2D eigenvalue weighted by Crippen LogP contribution is -2.17. The van der Waals surface area contributed by atoms with E-state index in [2.05, 4.69) is 24.9 Å². The summed E-state index contributed by atoms with van der Waals surface area (Å²) in [5.41, 5.74) is 1.11. The van der Waals surface area contributed by atoms with Crippen molar-refractivity contribution in [3.63, 3.8) is 0 Å². The lowest BCUT2D eigenvalue weighted by molar-refractivity contribution is 0.427. The minimum Gasteiger partial charge on any atom is -0.261 e. The number of aromatic nitrogens is 1. The maximum Gasteiger partial charge on any atom is 0.0419 e. The summed E-state index contributed by atoms with van der Waals surface area (Å²) in [5, 5.41) is 0.228. The van der Waals surface area contributed by atoms with E-state index in [4.69, 9.17) is 11.6 Å². The molecule has 1 heterocycles. The topological polar surface area (TPSA) is 12.9 Å². The van der Waals surface area contributed by atoms with Gasteiger partial charge in [0, 0.05) is 23.7 Å². The van der Waals surface area contributed by atoms with E-state index in [1.54, 1.807) is 0 Å². The van der Waals surface area contributed by atoms with Gasteiger partial charge in [0.25, 0.3) is 0 Å². The molecule has 0 aliphatic rings. The van der Waals surface area contributed by atoms with Gasteiger partial charge in [0.1, 0.15) is 0 Å². The van der Waals surface area contributed by atoms with Crippen LogP contribution in [-0.2, 0) is 6.42 Å². The Morgan fingerprint density at radius 2 is 2.12 bits per heavy atom. The molecule has 0 fully saturated rings. The third-order valence-electron chi connectivity index (χ3n) is 3.09. The average molecular weight is 240 g/mol. The quantitative estimate of drug-likeness (QED) is 0.641. The first-order valence-electron chi connectivity index (χ1n) is 6.31. The fourth-order valence-electron chi connectivity index (χ4n) is 1.99. The number of hydrogen-bond donors (Lipinski definition) is 0. The first kappa shape index (κ1) is 13.5. The van der Waals surface area contributed by atoms with E-state index in [9.17, 15) is 0 Å². The second-order valence-electron chi connectivity index (χ2n) is 4.35. The maximum absolute atomic E-state index is 6.48. The number of hydrogen-bond acceptors (Lipinski definition) is 1. The van der Waals surface area contributed by atoms with Crippen molar-refractivity contribution in [2.75, 3.05) is 0 Å². The van der Waals surface area contributed by atoms with Gasteiger partial charge in [-0.3, -0.25) is 4.98 Å². The fourth-order valence-corrected chi connectivity index (χ4v) is 2.45. The predicted molar refractivity (Wildman–Crippen MR) is 70.9 cm³/mol.